The summed E-state index contributed by atoms with van der Waals surface area (Å²) < 4.78 is 2.61. The number of halogens is 1. The van der Waals surface area contributed by atoms with E-state index in [4.69, 9.17) is 11.6 Å². The Labute approximate surface area is 181 Å². The largest absolute Gasteiger partial charge is 0.347 e. The second kappa shape index (κ2) is 8.30. The van der Waals surface area contributed by atoms with Crippen molar-refractivity contribution in [3.05, 3.63) is 103 Å². The average molecular weight is 440 g/mol. The molecule has 0 bridgehead atoms. The summed E-state index contributed by atoms with van der Waals surface area (Å²) in [6, 6.07) is 18.1. The molecule has 6 nitrogen and oxygen atoms in total. The summed E-state index contributed by atoms with van der Waals surface area (Å²) in [5.74, 6) is -0.308. The minimum Gasteiger partial charge on any atom is -0.347 e. The van der Waals surface area contributed by atoms with E-state index in [9.17, 15) is 14.4 Å². The van der Waals surface area contributed by atoms with E-state index >= 15 is 0 Å². The van der Waals surface area contributed by atoms with Crippen LogP contribution in [0.5, 0.6) is 0 Å². The van der Waals surface area contributed by atoms with Gasteiger partial charge in [0, 0.05) is 18.6 Å². The molecule has 1 N–H and O–H groups in total. The van der Waals surface area contributed by atoms with Crippen LogP contribution in [0, 0.1) is 0 Å². The van der Waals surface area contributed by atoms with E-state index in [-0.39, 0.29) is 12.5 Å². The first kappa shape index (κ1) is 20.1. The van der Waals surface area contributed by atoms with E-state index in [0.717, 1.165) is 22.5 Å². The molecule has 0 saturated carbocycles. The third-order valence-corrected chi connectivity index (χ3v) is 6.21. The number of fused-ring (bicyclic) bond motifs is 1. The van der Waals surface area contributed by atoms with Gasteiger partial charge in [-0.05, 0) is 29.3 Å². The first-order chi connectivity index (χ1) is 14.4. The third kappa shape index (κ3) is 3.94. The maximum atomic E-state index is 13.0. The van der Waals surface area contributed by atoms with Crippen LogP contribution in [0.2, 0.25) is 5.02 Å². The molecule has 30 heavy (non-hydrogen) atoms. The van der Waals surface area contributed by atoms with Crippen LogP contribution in [0.4, 0.5) is 0 Å². The summed E-state index contributed by atoms with van der Waals surface area (Å²) >= 11 is 7.10. The zero-order valence-electron chi connectivity index (χ0n) is 16.1. The van der Waals surface area contributed by atoms with Crippen molar-refractivity contribution in [2.24, 2.45) is 7.05 Å². The van der Waals surface area contributed by atoms with Crippen LogP contribution in [0.1, 0.15) is 20.8 Å². The fraction of sp³-hybridized carbons (Fsp3) is 0.136. The zero-order chi connectivity index (χ0) is 21.3. The van der Waals surface area contributed by atoms with Gasteiger partial charge in [0.25, 0.3) is 11.5 Å². The summed E-state index contributed by atoms with van der Waals surface area (Å²) in [5, 5.41) is 3.78. The van der Waals surface area contributed by atoms with Crippen molar-refractivity contribution in [3.63, 3.8) is 0 Å². The number of aryl methyl sites for hydroxylation is 1. The van der Waals surface area contributed by atoms with Gasteiger partial charge in [0.1, 0.15) is 4.83 Å². The lowest BCUT2D eigenvalue weighted by atomic mass is 10.2. The van der Waals surface area contributed by atoms with Crippen LogP contribution in [-0.2, 0) is 20.1 Å². The van der Waals surface area contributed by atoms with Crippen LogP contribution in [0.25, 0.3) is 10.2 Å². The van der Waals surface area contributed by atoms with Crippen molar-refractivity contribution in [2.75, 3.05) is 0 Å². The molecule has 0 unspecified atom stereocenters. The SMILES string of the molecule is Cn1c(=O)n(Cc2ccccc2)c(=O)c2cc(C(=O)NCc3cccc(Cl)c3)sc21. The number of hydrogen-bond donors (Lipinski definition) is 1. The number of aromatic nitrogens is 2. The van der Waals surface area contributed by atoms with Crippen LogP contribution < -0.4 is 16.6 Å². The van der Waals surface area contributed by atoms with E-state index in [2.05, 4.69) is 5.32 Å². The van der Waals surface area contributed by atoms with Gasteiger partial charge in [0.15, 0.2) is 0 Å². The molecule has 0 atom stereocenters. The number of carbonyl (C=O) groups is 1. The molecule has 8 heteroatoms. The van der Waals surface area contributed by atoms with Crippen LogP contribution in [-0.4, -0.2) is 15.0 Å². The molecule has 2 aromatic heterocycles. The Morgan fingerprint density at radius 1 is 1.03 bits per heavy atom. The fourth-order valence-corrected chi connectivity index (χ4v) is 4.45. The van der Waals surface area contributed by atoms with Gasteiger partial charge in [0.05, 0.1) is 16.8 Å². The Morgan fingerprint density at radius 2 is 1.77 bits per heavy atom. The first-order valence-corrected chi connectivity index (χ1v) is 10.4. The van der Waals surface area contributed by atoms with Gasteiger partial charge in [-0.2, -0.15) is 0 Å². The van der Waals surface area contributed by atoms with Gasteiger partial charge in [-0.1, -0.05) is 54.1 Å². The van der Waals surface area contributed by atoms with Gasteiger partial charge in [-0.15, -0.1) is 11.3 Å². The number of benzene rings is 2. The second-order valence-electron chi connectivity index (χ2n) is 6.86. The monoisotopic (exact) mass is 439 g/mol. The molecule has 4 aromatic rings. The van der Waals surface area contributed by atoms with Crippen LogP contribution >= 0.6 is 22.9 Å². The number of hydrogen-bond acceptors (Lipinski definition) is 4. The van der Waals surface area contributed by atoms with Crippen molar-refractivity contribution in [2.45, 2.75) is 13.1 Å². The number of carbonyl (C=O) groups excluding carboxylic acids is 1. The molecule has 0 saturated heterocycles. The van der Waals surface area contributed by atoms with Crippen LogP contribution in [0.15, 0.2) is 70.3 Å². The van der Waals surface area contributed by atoms with E-state index in [1.54, 1.807) is 25.2 Å². The predicted octanol–water partition coefficient (Wildman–Crippen LogP) is 3.39. The molecule has 2 aromatic carbocycles. The smallest absolute Gasteiger partial charge is 0.332 e. The molecule has 0 radical (unpaired) electrons. The van der Waals surface area contributed by atoms with E-state index in [1.165, 1.54) is 9.13 Å². The fourth-order valence-electron chi connectivity index (χ4n) is 3.22. The molecule has 0 fully saturated rings. The predicted molar refractivity (Wildman–Crippen MR) is 119 cm³/mol. The van der Waals surface area contributed by atoms with Gasteiger partial charge in [-0.25, -0.2) is 4.79 Å². The van der Waals surface area contributed by atoms with Crippen molar-refractivity contribution < 1.29 is 4.79 Å². The number of nitrogens with zero attached hydrogens (tertiary/aromatic N) is 2. The van der Waals surface area contributed by atoms with Gasteiger partial charge in [-0.3, -0.25) is 18.7 Å². The standard InChI is InChI=1S/C22H18ClN3O3S/c1-25-21-17(20(28)26(22(25)29)13-14-6-3-2-4-7-14)11-18(30-21)19(27)24-12-15-8-5-9-16(23)10-15/h2-11H,12-13H2,1H3,(H,24,27). The normalized spacial score (nSPS) is 11.0. The molecule has 4 rings (SSSR count). The van der Waals surface area contributed by atoms with Crippen molar-refractivity contribution in [1.29, 1.82) is 0 Å². The Kier molecular flexibility index (Phi) is 5.57. The lowest BCUT2D eigenvalue weighted by molar-refractivity contribution is 0.0955. The quantitative estimate of drug-likeness (QED) is 0.518. The summed E-state index contributed by atoms with van der Waals surface area (Å²) in [7, 11) is 1.61. The van der Waals surface area contributed by atoms with E-state index < -0.39 is 11.2 Å². The number of rotatable bonds is 5. The highest BCUT2D eigenvalue weighted by Gasteiger charge is 2.18. The van der Waals surface area contributed by atoms with Crippen molar-refractivity contribution in [3.8, 4) is 0 Å². The maximum Gasteiger partial charge on any atom is 0.332 e. The Morgan fingerprint density at radius 3 is 2.50 bits per heavy atom. The number of amides is 1. The number of thiophene rings is 1. The first-order valence-electron chi connectivity index (χ1n) is 9.24. The highest BCUT2D eigenvalue weighted by atomic mass is 35.5. The van der Waals surface area contributed by atoms with Gasteiger partial charge >= 0.3 is 5.69 Å². The highest BCUT2D eigenvalue weighted by Crippen LogP contribution is 2.22. The molecule has 2 heterocycles. The minimum atomic E-state index is -0.413. The molecular formula is C22H18ClN3O3S. The minimum absolute atomic E-state index is 0.175. The third-order valence-electron chi connectivity index (χ3n) is 4.76. The Hall–Kier alpha value is -3.16. The molecule has 1 amide bonds. The molecule has 0 aliphatic carbocycles. The Balaban J connectivity index is 1.66. The molecular weight excluding hydrogens is 422 g/mol. The van der Waals surface area contributed by atoms with Crippen molar-refractivity contribution >= 4 is 39.1 Å². The lowest BCUT2D eigenvalue weighted by Gasteiger charge is -2.08. The molecule has 0 spiro atoms. The van der Waals surface area contributed by atoms with Crippen molar-refractivity contribution in [1.82, 2.24) is 14.5 Å². The van der Waals surface area contributed by atoms with Crippen LogP contribution in [0.3, 0.4) is 0 Å². The lowest BCUT2D eigenvalue weighted by Crippen LogP contribution is -2.38. The number of nitrogens with one attached hydrogen (secondary N) is 1. The summed E-state index contributed by atoms with van der Waals surface area (Å²) in [6.45, 7) is 0.485. The zero-order valence-corrected chi connectivity index (χ0v) is 17.7. The molecule has 152 valence electrons. The molecule has 0 aliphatic heterocycles. The summed E-state index contributed by atoms with van der Waals surface area (Å²) in [5.41, 5.74) is 0.909. The summed E-state index contributed by atoms with van der Waals surface area (Å²) in [4.78, 5) is 39.2. The molecule has 0 aliphatic rings. The Bertz CT molecular complexity index is 1360. The van der Waals surface area contributed by atoms with E-state index in [1.807, 2.05) is 42.5 Å². The average Bonchev–Trinajstić information content (AvgIpc) is 3.20. The second-order valence-corrected chi connectivity index (χ2v) is 8.33. The maximum absolute atomic E-state index is 13.0. The van der Waals surface area contributed by atoms with Gasteiger partial charge < -0.3 is 5.32 Å². The van der Waals surface area contributed by atoms with E-state index in [0.29, 0.717) is 26.7 Å². The topological polar surface area (TPSA) is 73.1 Å². The van der Waals surface area contributed by atoms with Gasteiger partial charge in [0.2, 0.25) is 0 Å². The summed E-state index contributed by atoms with van der Waals surface area (Å²) in [6.07, 6.45) is 0. The highest BCUT2D eigenvalue weighted by molar-refractivity contribution is 7.20.